The number of amides is 1. The predicted octanol–water partition coefficient (Wildman–Crippen LogP) is 4.83. The Balaban J connectivity index is 1.99. The molecular weight excluding hydrogens is 300 g/mol. The highest BCUT2D eigenvalue weighted by Crippen LogP contribution is 2.28. The second-order valence-corrected chi connectivity index (χ2v) is 6.06. The highest BCUT2D eigenvalue weighted by Gasteiger charge is 2.22. The lowest BCUT2D eigenvalue weighted by atomic mass is 10.0. The minimum atomic E-state index is -0.207. The fraction of sp³-hybridized carbons (Fsp3) is 0.200. The highest BCUT2D eigenvalue weighted by atomic mass is 16.5. The van der Waals surface area contributed by atoms with Crippen molar-refractivity contribution in [2.24, 2.45) is 0 Å². The highest BCUT2D eigenvalue weighted by molar-refractivity contribution is 6.09. The molecule has 1 heterocycles. The topological polar surface area (TPSA) is 55.1 Å². The van der Waals surface area contributed by atoms with Crippen LogP contribution in [-0.4, -0.2) is 11.1 Å². The van der Waals surface area contributed by atoms with E-state index in [9.17, 15) is 4.79 Å². The molecule has 4 heteroatoms. The molecule has 0 radical (unpaired) electrons. The van der Waals surface area contributed by atoms with E-state index in [0.29, 0.717) is 17.0 Å². The average molecular weight is 320 g/mol. The zero-order valence-electron chi connectivity index (χ0n) is 14.3. The summed E-state index contributed by atoms with van der Waals surface area (Å²) in [6.45, 7) is 7.75. The summed E-state index contributed by atoms with van der Waals surface area (Å²) in [7, 11) is 0. The minimum absolute atomic E-state index is 0.207. The SMILES string of the molecule is Cc1ccc(-c2onc(C)c2C(=O)Nc2c(C)cccc2C)cc1. The fourth-order valence-corrected chi connectivity index (χ4v) is 2.73. The van der Waals surface area contributed by atoms with Gasteiger partial charge in [0.05, 0.1) is 5.69 Å². The van der Waals surface area contributed by atoms with Crippen molar-refractivity contribution in [2.45, 2.75) is 27.7 Å². The summed E-state index contributed by atoms with van der Waals surface area (Å²) in [6, 6.07) is 13.8. The maximum Gasteiger partial charge on any atom is 0.261 e. The standard InChI is InChI=1S/C20H20N2O2/c1-12-8-10-16(11-9-12)19-17(15(4)22-24-19)20(23)21-18-13(2)6-5-7-14(18)3/h5-11H,1-4H3,(H,21,23). The number of hydrogen-bond acceptors (Lipinski definition) is 3. The molecule has 0 aliphatic carbocycles. The number of nitrogens with one attached hydrogen (secondary N) is 1. The molecule has 1 N–H and O–H groups in total. The Labute approximate surface area is 141 Å². The first-order valence-electron chi connectivity index (χ1n) is 7.88. The molecule has 0 unspecified atom stereocenters. The van der Waals surface area contributed by atoms with Crippen LogP contribution in [0.25, 0.3) is 11.3 Å². The summed E-state index contributed by atoms with van der Waals surface area (Å²) in [6.07, 6.45) is 0. The molecule has 0 bridgehead atoms. The molecule has 0 fully saturated rings. The Morgan fingerprint density at radius 1 is 0.958 bits per heavy atom. The molecule has 0 atom stereocenters. The summed E-state index contributed by atoms with van der Waals surface area (Å²) in [5.41, 5.74) is 5.92. The van der Waals surface area contributed by atoms with Crippen LogP contribution in [0.15, 0.2) is 47.0 Å². The number of aromatic nitrogens is 1. The van der Waals surface area contributed by atoms with Gasteiger partial charge >= 0.3 is 0 Å². The van der Waals surface area contributed by atoms with E-state index in [4.69, 9.17) is 4.52 Å². The van der Waals surface area contributed by atoms with Gasteiger partial charge < -0.3 is 9.84 Å². The van der Waals surface area contributed by atoms with Crippen molar-refractivity contribution >= 4 is 11.6 Å². The molecule has 0 aliphatic rings. The van der Waals surface area contributed by atoms with E-state index in [-0.39, 0.29) is 5.91 Å². The Morgan fingerprint density at radius 3 is 2.21 bits per heavy atom. The van der Waals surface area contributed by atoms with Crippen LogP contribution in [0.4, 0.5) is 5.69 Å². The van der Waals surface area contributed by atoms with Crippen LogP contribution < -0.4 is 5.32 Å². The van der Waals surface area contributed by atoms with Gasteiger partial charge in [0, 0.05) is 11.3 Å². The number of hydrogen-bond donors (Lipinski definition) is 1. The fourth-order valence-electron chi connectivity index (χ4n) is 2.73. The normalized spacial score (nSPS) is 10.7. The number of benzene rings is 2. The Morgan fingerprint density at radius 2 is 1.58 bits per heavy atom. The Bertz CT molecular complexity index is 872. The van der Waals surface area contributed by atoms with Crippen molar-refractivity contribution in [3.05, 3.63) is 70.4 Å². The van der Waals surface area contributed by atoms with Crippen LogP contribution in [0.5, 0.6) is 0 Å². The van der Waals surface area contributed by atoms with Gasteiger partial charge in [0.2, 0.25) is 0 Å². The lowest BCUT2D eigenvalue weighted by Crippen LogP contribution is -2.15. The van der Waals surface area contributed by atoms with E-state index < -0.39 is 0 Å². The van der Waals surface area contributed by atoms with E-state index in [2.05, 4.69) is 10.5 Å². The van der Waals surface area contributed by atoms with Crippen molar-refractivity contribution in [3.8, 4) is 11.3 Å². The lowest BCUT2D eigenvalue weighted by molar-refractivity contribution is 0.102. The van der Waals surface area contributed by atoms with Crippen LogP contribution >= 0.6 is 0 Å². The van der Waals surface area contributed by atoms with Crippen LogP contribution in [0.3, 0.4) is 0 Å². The first-order chi connectivity index (χ1) is 11.5. The number of anilines is 1. The molecule has 3 aromatic rings. The summed E-state index contributed by atoms with van der Waals surface area (Å²) >= 11 is 0. The van der Waals surface area contributed by atoms with E-state index >= 15 is 0 Å². The molecule has 0 saturated heterocycles. The van der Waals surface area contributed by atoms with E-state index in [1.54, 1.807) is 6.92 Å². The van der Waals surface area contributed by atoms with Crippen LogP contribution in [0.1, 0.15) is 32.7 Å². The largest absolute Gasteiger partial charge is 0.355 e. The molecule has 24 heavy (non-hydrogen) atoms. The second kappa shape index (κ2) is 6.32. The summed E-state index contributed by atoms with van der Waals surface area (Å²) in [5, 5.41) is 6.99. The number of aryl methyl sites for hydroxylation is 4. The van der Waals surface area contributed by atoms with E-state index in [1.165, 1.54) is 0 Å². The molecule has 4 nitrogen and oxygen atoms in total. The number of carbonyl (C=O) groups excluding carboxylic acids is 1. The van der Waals surface area contributed by atoms with Crippen LogP contribution in [0, 0.1) is 27.7 Å². The lowest BCUT2D eigenvalue weighted by Gasteiger charge is -2.11. The number of para-hydroxylation sites is 1. The van der Waals surface area contributed by atoms with Crippen LogP contribution in [-0.2, 0) is 0 Å². The molecule has 3 rings (SSSR count). The van der Waals surface area contributed by atoms with Crippen molar-refractivity contribution < 1.29 is 9.32 Å². The minimum Gasteiger partial charge on any atom is -0.355 e. The van der Waals surface area contributed by atoms with Gasteiger partial charge in [-0.05, 0) is 38.8 Å². The summed E-state index contributed by atoms with van der Waals surface area (Å²) < 4.78 is 5.43. The number of rotatable bonds is 3. The predicted molar refractivity (Wildman–Crippen MR) is 95.3 cm³/mol. The van der Waals surface area contributed by atoms with Gasteiger partial charge in [0.15, 0.2) is 5.76 Å². The molecule has 1 amide bonds. The Hall–Kier alpha value is -2.88. The molecule has 2 aromatic carbocycles. The quantitative estimate of drug-likeness (QED) is 0.752. The molecule has 0 saturated carbocycles. The van der Waals surface area contributed by atoms with Crippen molar-refractivity contribution in [1.82, 2.24) is 5.16 Å². The van der Waals surface area contributed by atoms with Gasteiger partial charge in [0.25, 0.3) is 5.91 Å². The maximum atomic E-state index is 12.9. The molecule has 122 valence electrons. The summed E-state index contributed by atoms with van der Waals surface area (Å²) in [5.74, 6) is 0.290. The average Bonchev–Trinajstić information content (AvgIpc) is 2.93. The van der Waals surface area contributed by atoms with E-state index in [1.807, 2.05) is 63.2 Å². The maximum absolute atomic E-state index is 12.9. The number of nitrogens with zero attached hydrogens (tertiary/aromatic N) is 1. The van der Waals surface area contributed by atoms with Gasteiger partial charge in [-0.25, -0.2) is 0 Å². The van der Waals surface area contributed by atoms with Crippen LogP contribution in [0.2, 0.25) is 0 Å². The van der Waals surface area contributed by atoms with Crippen molar-refractivity contribution in [1.29, 1.82) is 0 Å². The third kappa shape index (κ3) is 2.95. The van der Waals surface area contributed by atoms with Gasteiger partial charge in [0.1, 0.15) is 5.56 Å². The third-order valence-electron chi connectivity index (χ3n) is 4.12. The molecule has 1 aromatic heterocycles. The van der Waals surface area contributed by atoms with Crippen molar-refractivity contribution in [2.75, 3.05) is 5.32 Å². The Kier molecular flexibility index (Phi) is 4.21. The smallest absolute Gasteiger partial charge is 0.261 e. The summed E-state index contributed by atoms with van der Waals surface area (Å²) in [4.78, 5) is 12.9. The van der Waals surface area contributed by atoms with Gasteiger partial charge in [-0.3, -0.25) is 4.79 Å². The molecule has 0 spiro atoms. The van der Waals surface area contributed by atoms with E-state index in [0.717, 1.165) is 27.9 Å². The molecule has 0 aliphatic heterocycles. The zero-order valence-corrected chi connectivity index (χ0v) is 14.3. The van der Waals surface area contributed by atoms with Gasteiger partial charge in [-0.1, -0.05) is 53.2 Å². The molecular formula is C20H20N2O2. The zero-order chi connectivity index (χ0) is 17.3. The second-order valence-electron chi connectivity index (χ2n) is 6.06. The van der Waals surface area contributed by atoms with Gasteiger partial charge in [-0.15, -0.1) is 0 Å². The monoisotopic (exact) mass is 320 g/mol. The number of carbonyl (C=O) groups is 1. The van der Waals surface area contributed by atoms with Crippen molar-refractivity contribution in [3.63, 3.8) is 0 Å². The van der Waals surface area contributed by atoms with Gasteiger partial charge in [-0.2, -0.15) is 0 Å². The third-order valence-corrected chi connectivity index (χ3v) is 4.12. The first kappa shape index (κ1) is 16.0. The first-order valence-corrected chi connectivity index (χ1v) is 7.88.